The minimum absolute atomic E-state index is 0.244. The van der Waals surface area contributed by atoms with E-state index >= 15 is 0 Å². The molecule has 0 saturated heterocycles. The van der Waals surface area contributed by atoms with E-state index in [0.29, 0.717) is 0 Å². The van der Waals surface area contributed by atoms with E-state index in [4.69, 9.17) is 0 Å². The Kier molecular flexibility index (Phi) is 2.18. The Morgan fingerprint density at radius 3 is 2.64 bits per heavy atom. The second-order valence-corrected chi connectivity index (χ2v) is 4.40. The van der Waals surface area contributed by atoms with Crippen LogP contribution >= 0.6 is 0 Å². The predicted octanol–water partition coefficient (Wildman–Crippen LogP) is 0.0189. The molecule has 0 aromatic carbocycles. The molecular weight excluding hydrogens is 152 g/mol. The van der Waals surface area contributed by atoms with Gasteiger partial charge in [-0.1, -0.05) is 6.92 Å². The van der Waals surface area contributed by atoms with Gasteiger partial charge in [0.15, 0.2) is 0 Å². The molecule has 0 aliphatic heterocycles. The van der Waals surface area contributed by atoms with Crippen LogP contribution in [0.2, 0.25) is 0 Å². The molecule has 0 bridgehead atoms. The first kappa shape index (κ1) is 8.52. The minimum atomic E-state index is 0.244. The Hall–Kier alpha value is -0.573. The van der Waals surface area contributed by atoms with Crippen molar-refractivity contribution in [2.45, 2.75) is 32.7 Å². The van der Waals surface area contributed by atoms with E-state index in [0.717, 1.165) is 16.7 Å². The summed E-state index contributed by atoms with van der Waals surface area (Å²) in [5.74, 6) is 0. The van der Waals surface area contributed by atoms with Gasteiger partial charge in [-0.05, 0) is 20.3 Å². The maximum Gasteiger partial charge on any atom is 0.0841 e. The molecule has 0 saturated carbocycles. The Morgan fingerprint density at radius 1 is 1.64 bits per heavy atom. The fourth-order valence-corrected chi connectivity index (χ4v) is 2.09. The lowest BCUT2D eigenvalue weighted by atomic mass is 10.0. The average molecular weight is 168 g/mol. The third-order valence-corrected chi connectivity index (χ3v) is 3.08. The summed E-state index contributed by atoms with van der Waals surface area (Å²) in [6.45, 7) is 6.70. The van der Waals surface area contributed by atoms with Crippen molar-refractivity contribution >= 4 is 15.7 Å². The standard InChI is InChI=1S/C8H16N2Si/c1-4-8(2,3)10-6-5-9-7(10)11/h5-6H,4H2,1-3,11H3. The smallest absolute Gasteiger partial charge is 0.0841 e. The molecule has 0 aliphatic rings. The fourth-order valence-electron chi connectivity index (χ4n) is 1.19. The van der Waals surface area contributed by atoms with Crippen LogP contribution in [0.15, 0.2) is 12.4 Å². The van der Waals surface area contributed by atoms with Gasteiger partial charge in [-0.3, -0.25) is 0 Å². The largest absolute Gasteiger partial charge is 0.334 e. The highest BCUT2D eigenvalue weighted by Crippen LogP contribution is 2.16. The lowest BCUT2D eigenvalue weighted by molar-refractivity contribution is 0.350. The quantitative estimate of drug-likeness (QED) is 0.569. The van der Waals surface area contributed by atoms with Crippen molar-refractivity contribution in [3.8, 4) is 0 Å². The van der Waals surface area contributed by atoms with Crippen molar-refractivity contribution in [3.05, 3.63) is 12.4 Å². The van der Waals surface area contributed by atoms with Gasteiger partial charge < -0.3 is 4.57 Å². The van der Waals surface area contributed by atoms with Gasteiger partial charge in [0.05, 0.1) is 15.7 Å². The van der Waals surface area contributed by atoms with Crippen LogP contribution < -0.4 is 5.45 Å². The lowest BCUT2D eigenvalue weighted by Crippen LogP contribution is -2.34. The first-order chi connectivity index (χ1) is 5.08. The molecule has 0 unspecified atom stereocenters. The number of rotatable bonds is 2. The molecule has 1 aromatic rings. The van der Waals surface area contributed by atoms with E-state index in [1.54, 1.807) is 0 Å². The van der Waals surface area contributed by atoms with Gasteiger partial charge in [0, 0.05) is 17.9 Å². The highest BCUT2D eigenvalue weighted by atomic mass is 28.1. The average Bonchev–Trinajstić information content (AvgIpc) is 2.36. The number of hydrogen-bond acceptors (Lipinski definition) is 1. The number of aromatic nitrogens is 2. The molecule has 3 heteroatoms. The van der Waals surface area contributed by atoms with Crippen LogP contribution in [0.5, 0.6) is 0 Å². The number of hydrogen-bond donors (Lipinski definition) is 0. The zero-order valence-corrected chi connectivity index (χ0v) is 9.76. The van der Waals surface area contributed by atoms with Gasteiger partial charge in [-0.15, -0.1) is 0 Å². The Bertz CT molecular complexity index is 240. The molecule has 1 rings (SSSR count). The summed E-state index contributed by atoms with van der Waals surface area (Å²) in [5, 5.41) is 0. The Labute approximate surface area is 71.1 Å². The van der Waals surface area contributed by atoms with Gasteiger partial charge in [0.1, 0.15) is 0 Å². The Balaban J connectivity index is 3.00. The maximum absolute atomic E-state index is 4.26. The number of nitrogens with zero attached hydrogens (tertiary/aromatic N) is 2. The molecule has 0 N–H and O–H groups in total. The van der Waals surface area contributed by atoms with Crippen molar-refractivity contribution in [3.63, 3.8) is 0 Å². The predicted molar refractivity (Wildman–Crippen MR) is 51.4 cm³/mol. The van der Waals surface area contributed by atoms with Crippen molar-refractivity contribution in [1.29, 1.82) is 0 Å². The second-order valence-electron chi connectivity index (χ2n) is 3.51. The zero-order valence-electron chi connectivity index (χ0n) is 7.76. The van der Waals surface area contributed by atoms with Crippen LogP contribution in [0.3, 0.4) is 0 Å². The molecule has 62 valence electrons. The maximum atomic E-state index is 4.26. The normalized spacial score (nSPS) is 12.3. The van der Waals surface area contributed by atoms with Crippen LogP contribution in [-0.4, -0.2) is 19.8 Å². The molecule has 1 heterocycles. The third-order valence-electron chi connectivity index (χ3n) is 2.34. The molecular formula is C8H16N2Si. The minimum Gasteiger partial charge on any atom is -0.334 e. The summed E-state index contributed by atoms with van der Waals surface area (Å²) in [5.41, 5.74) is 1.48. The highest BCUT2D eigenvalue weighted by Gasteiger charge is 2.17. The topological polar surface area (TPSA) is 17.8 Å². The zero-order chi connectivity index (χ0) is 8.48. The van der Waals surface area contributed by atoms with Crippen LogP contribution in [0.1, 0.15) is 27.2 Å². The van der Waals surface area contributed by atoms with E-state index in [1.807, 2.05) is 6.20 Å². The molecule has 0 fully saturated rings. The second kappa shape index (κ2) is 2.81. The monoisotopic (exact) mass is 168 g/mol. The summed E-state index contributed by atoms with van der Waals surface area (Å²) in [6.07, 6.45) is 5.12. The summed E-state index contributed by atoms with van der Waals surface area (Å²) in [6, 6.07) is 0. The highest BCUT2D eigenvalue weighted by molar-refractivity contribution is 6.29. The summed E-state index contributed by atoms with van der Waals surface area (Å²) >= 11 is 0. The van der Waals surface area contributed by atoms with Gasteiger partial charge in [0.2, 0.25) is 0 Å². The van der Waals surface area contributed by atoms with Crippen LogP contribution in [0.4, 0.5) is 0 Å². The van der Waals surface area contributed by atoms with Gasteiger partial charge in [-0.2, -0.15) is 0 Å². The molecule has 0 radical (unpaired) electrons. The SMILES string of the molecule is CCC(C)(C)n1ccnc1[SiH3]. The molecule has 0 spiro atoms. The summed E-state index contributed by atoms with van der Waals surface area (Å²) in [7, 11) is 1.03. The molecule has 11 heavy (non-hydrogen) atoms. The van der Waals surface area contributed by atoms with Crippen LogP contribution in [0.25, 0.3) is 0 Å². The molecule has 2 nitrogen and oxygen atoms in total. The van der Waals surface area contributed by atoms with Gasteiger partial charge in [-0.25, -0.2) is 4.98 Å². The van der Waals surface area contributed by atoms with E-state index in [9.17, 15) is 0 Å². The Morgan fingerprint density at radius 2 is 2.27 bits per heavy atom. The van der Waals surface area contributed by atoms with Crippen LogP contribution in [-0.2, 0) is 5.54 Å². The van der Waals surface area contributed by atoms with E-state index in [-0.39, 0.29) is 5.54 Å². The molecule has 0 atom stereocenters. The first-order valence-electron chi connectivity index (χ1n) is 4.08. The third kappa shape index (κ3) is 1.53. The van der Waals surface area contributed by atoms with E-state index < -0.39 is 0 Å². The summed E-state index contributed by atoms with van der Waals surface area (Å²) in [4.78, 5) is 4.26. The van der Waals surface area contributed by atoms with Crippen molar-refractivity contribution < 1.29 is 0 Å². The van der Waals surface area contributed by atoms with E-state index in [2.05, 4.69) is 36.5 Å². The van der Waals surface area contributed by atoms with E-state index in [1.165, 1.54) is 5.45 Å². The fraction of sp³-hybridized carbons (Fsp3) is 0.625. The van der Waals surface area contributed by atoms with Crippen molar-refractivity contribution in [2.24, 2.45) is 0 Å². The van der Waals surface area contributed by atoms with Gasteiger partial charge >= 0.3 is 0 Å². The van der Waals surface area contributed by atoms with Crippen LogP contribution in [0, 0.1) is 0 Å². The lowest BCUT2D eigenvalue weighted by Gasteiger charge is -2.26. The van der Waals surface area contributed by atoms with Crippen molar-refractivity contribution in [2.75, 3.05) is 0 Å². The molecule has 0 aliphatic carbocycles. The molecule has 0 amide bonds. The first-order valence-corrected chi connectivity index (χ1v) is 5.08. The summed E-state index contributed by atoms with van der Waals surface area (Å²) < 4.78 is 2.28. The molecule has 1 aromatic heterocycles. The van der Waals surface area contributed by atoms with Gasteiger partial charge in [0.25, 0.3) is 0 Å². The number of imidazole rings is 1. The van der Waals surface area contributed by atoms with Crippen molar-refractivity contribution in [1.82, 2.24) is 9.55 Å².